The van der Waals surface area contributed by atoms with E-state index in [-0.39, 0.29) is 0 Å². The Morgan fingerprint density at radius 1 is 1.38 bits per heavy atom. The number of aliphatic hydroxyl groups is 1. The van der Waals surface area contributed by atoms with Crippen molar-refractivity contribution in [3.63, 3.8) is 0 Å². The Labute approximate surface area is 95.8 Å². The van der Waals surface area contributed by atoms with Crippen LogP contribution >= 0.6 is 39.1 Å². The molecule has 1 nitrogen and oxygen atoms in total. The predicted molar refractivity (Wildman–Crippen MR) is 59.2 cm³/mol. The van der Waals surface area contributed by atoms with Crippen molar-refractivity contribution >= 4 is 39.1 Å². The number of hydrogen-bond donors (Lipinski definition) is 1. The monoisotopic (exact) mass is 282 g/mol. The summed E-state index contributed by atoms with van der Waals surface area (Å²) in [4.78, 5) is -0.855. The standard InChI is InChI=1S/C9H9BrCl2O/c1-9(13,8(11)12)6-4-2-3-5-7(6)10/h2-5,8,13H,1H3. The van der Waals surface area contributed by atoms with Crippen LogP contribution < -0.4 is 0 Å². The molecule has 0 saturated carbocycles. The molecule has 0 amide bonds. The molecular weight excluding hydrogens is 275 g/mol. The normalized spacial score (nSPS) is 15.8. The fourth-order valence-electron chi connectivity index (χ4n) is 0.989. The molecule has 4 heteroatoms. The lowest BCUT2D eigenvalue weighted by molar-refractivity contribution is 0.0713. The largest absolute Gasteiger partial charge is 0.383 e. The molecule has 1 atom stereocenters. The van der Waals surface area contributed by atoms with Crippen LogP contribution in [0.15, 0.2) is 28.7 Å². The molecule has 1 aromatic rings. The van der Waals surface area contributed by atoms with Crippen LogP contribution in [-0.2, 0) is 5.60 Å². The Hall–Kier alpha value is 0.240. The van der Waals surface area contributed by atoms with Gasteiger partial charge >= 0.3 is 0 Å². The zero-order chi connectivity index (χ0) is 10.1. The number of alkyl halides is 2. The molecule has 1 unspecified atom stereocenters. The SMILES string of the molecule is CC(O)(c1ccccc1Br)C(Cl)Cl. The lowest BCUT2D eigenvalue weighted by Gasteiger charge is -2.25. The average molecular weight is 284 g/mol. The molecule has 0 aliphatic rings. The minimum atomic E-state index is -1.23. The Morgan fingerprint density at radius 3 is 2.38 bits per heavy atom. The number of hydrogen-bond acceptors (Lipinski definition) is 1. The van der Waals surface area contributed by atoms with E-state index in [1.165, 1.54) is 0 Å². The van der Waals surface area contributed by atoms with E-state index in [2.05, 4.69) is 15.9 Å². The first kappa shape index (κ1) is 11.3. The van der Waals surface area contributed by atoms with Gasteiger partial charge in [0.25, 0.3) is 0 Å². The van der Waals surface area contributed by atoms with E-state index in [1.807, 2.05) is 18.2 Å². The van der Waals surface area contributed by atoms with Crippen LogP contribution in [0, 0.1) is 0 Å². The minimum absolute atomic E-state index is 0.685. The maximum Gasteiger partial charge on any atom is 0.140 e. The van der Waals surface area contributed by atoms with Gasteiger partial charge in [0.2, 0.25) is 0 Å². The van der Waals surface area contributed by atoms with Gasteiger partial charge in [-0.25, -0.2) is 0 Å². The van der Waals surface area contributed by atoms with E-state index >= 15 is 0 Å². The van der Waals surface area contributed by atoms with Gasteiger partial charge in [-0.15, -0.1) is 23.2 Å². The molecule has 0 radical (unpaired) electrons. The molecule has 13 heavy (non-hydrogen) atoms. The van der Waals surface area contributed by atoms with Crippen molar-refractivity contribution in [3.8, 4) is 0 Å². The molecule has 0 aliphatic carbocycles. The summed E-state index contributed by atoms with van der Waals surface area (Å²) < 4.78 is 0.798. The van der Waals surface area contributed by atoms with Gasteiger partial charge in [-0.1, -0.05) is 34.1 Å². The molecule has 1 N–H and O–H groups in total. The topological polar surface area (TPSA) is 20.2 Å². The Morgan fingerprint density at radius 2 is 1.92 bits per heavy atom. The van der Waals surface area contributed by atoms with Gasteiger partial charge in [0, 0.05) is 10.0 Å². The summed E-state index contributed by atoms with van der Waals surface area (Å²) in [5.41, 5.74) is -0.548. The molecule has 0 aromatic heterocycles. The summed E-state index contributed by atoms with van der Waals surface area (Å²) in [6.45, 7) is 1.58. The van der Waals surface area contributed by atoms with Gasteiger partial charge < -0.3 is 5.11 Å². The van der Waals surface area contributed by atoms with Crippen molar-refractivity contribution in [1.82, 2.24) is 0 Å². The molecule has 0 fully saturated rings. The van der Waals surface area contributed by atoms with Crippen LogP contribution in [-0.4, -0.2) is 9.94 Å². The quantitative estimate of drug-likeness (QED) is 0.824. The van der Waals surface area contributed by atoms with Crippen LogP contribution in [0.2, 0.25) is 0 Å². The molecular formula is C9H9BrCl2O. The Kier molecular flexibility index (Phi) is 3.64. The zero-order valence-corrected chi connectivity index (χ0v) is 10.1. The summed E-state index contributed by atoms with van der Waals surface area (Å²) in [6.07, 6.45) is 0. The third-order valence-corrected chi connectivity index (χ3v) is 3.39. The van der Waals surface area contributed by atoms with Crippen LogP contribution in [0.4, 0.5) is 0 Å². The second-order valence-corrected chi connectivity index (χ2v) is 4.88. The second-order valence-electron chi connectivity index (χ2n) is 2.93. The molecule has 0 heterocycles. The third-order valence-electron chi connectivity index (χ3n) is 1.84. The summed E-state index contributed by atoms with van der Waals surface area (Å²) >= 11 is 14.7. The van der Waals surface area contributed by atoms with Gasteiger partial charge in [-0.3, -0.25) is 0 Å². The molecule has 1 aromatic carbocycles. The molecule has 0 bridgehead atoms. The lowest BCUT2D eigenvalue weighted by atomic mass is 9.98. The van der Waals surface area contributed by atoms with Crippen molar-refractivity contribution < 1.29 is 5.11 Å². The van der Waals surface area contributed by atoms with Crippen molar-refractivity contribution in [2.24, 2.45) is 0 Å². The first-order valence-corrected chi connectivity index (χ1v) is 5.38. The van der Waals surface area contributed by atoms with Crippen LogP contribution in [0.3, 0.4) is 0 Å². The zero-order valence-electron chi connectivity index (χ0n) is 6.97. The fraction of sp³-hybridized carbons (Fsp3) is 0.333. The predicted octanol–water partition coefficient (Wildman–Crippen LogP) is 3.46. The van der Waals surface area contributed by atoms with Gasteiger partial charge in [-0.2, -0.15) is 0 Å². The van der Waals surface area contributed by atoms with Crippen molar-refractivity contribution in [2.75, 3.05) is 0 Å². The van der Waals surface area contributed by atoms with E-state index in [0.717, 1.165) is 4.47 Å². The molecule has 0 saturated heterocycles. The first-order chi connectivity index (χ1) is 5.96. The number of halogens is 3. The van der Waals surface area contributed by atoms with Gasteiger partial charge in [0.15, 0.2) is 0 Å². The van der Waals surface area contributed by atoms with Gasteiger partial charge in [0.1, 0.15) is 10.4 Å². The highest BCUT2D eigenvalue weighted by molar-refractivity contribution is 9.10. The van der Waals surface area contributed by atoms with Gasteiger partial charge in [0.05, 0.1) is 0 Å². The highest BCUT2D eigenvalue weighted by Gasteiger charge is 2.32. The maximum atomic E-state index is 9.95. The van der Waals surface area contributed by atoms with Crippen LogP contribution in [0.5, 0.6) is 0 Å². The number of rotatable bonds is 2. The fourth-order valence-corrected chi connectivity index (χ4v) is 1.91. The van der Waals surface area contributed by atoms with E-state index in [9.17, 15) is 5.11 Å². The minimum Gasteiger partial charge on any atom is -0.383 e. The summed E-state index contributed by atoms with van der Waals surface area (Å²) in [5, 5.41) is 9.95. The summed E-state index contributed by atoms with van der Waals surface area (Å²) in [5.74, 6) is 0. The van der Waals surface area contributed by atoms with Crippen LogP contribution in [0.1, 0.15) is 12.5 Å². The number of benzene rings is 1. The molecule has 0 spiro atoms. The third kappa shape index (κ3) is 2.38. The molecule has 0 aliphatic heterocycles. The highest BCUT2D eigenvalue weighted by atomic mass is 79.9. The second kappa shape index (κ2) is 4.18. The highest BCUT2D eigenvalue weighted by Crippen LogP contribution is 2.34. The Balaban J connectivity index is 3.14. The van der Waals surface area contributed by atoms with Crippen molar-refractivity contribution in [2.45, 2.75) is 17.4 Å². The molecule has 72 valence electrons. The lowest BCUT2D eigenvalue weighted by Crippen LogP contribution is -2.29. The van der Waals surface area contributed by atoms with E-state index < -0.39 is 10.4 Å². The van der Waals surface area contributed by atoms with Crippen LogP contribution in [0.25, 0.3) is 0 Å². The van der Waals surface area contributed by atoms with E-state index in [4.69, 9.17) is 23.2 Å². The average Bonchev–Trinajstić information content (AvgIpc) is 2.04. The summed E-state index contributed by atoms with van der Waals surface area (Å²) in [7, 11) is 0. The van der Waals surface area contributed by atoms with Crippen molar-refractivity contribution in [3.05, 3.63) is 34.3 Å². The first-order valence-electron chi connectivity index (χ1n) is 3.72. The van der Waals surface area contributed by atoms with E-state index in [0.29, 0.717) is 5.56 Å². The van der Waals surface area contributed by atoms with Crippen molar-refractivity contribution in [1.29, 1.82) is 0 Å². The maximum absolute atomic E-state index is 9.95. The van der Waals surface area contributed by atoms with E-state index in [1.54, 1.807) is 13.0 Å². The summed E-state index contributed by atoms with van der Waals surface area (Å²) in [6, 6.07) is 7.30. The molecule has 1 rings (SSSR count). The Bertz CT molecular complexity index is 299. The smallest absolute Gasteiger partial charge is 0.140 e. The van der Waals surface area contributed by atoms with Gasteiger partial charge in [-0.05, 0) is 13.0 Å².